The SMILES string of the molecule is O=C(O)c1cccc(Nc2c(F)cc(F)cc2Cl)n1. The highest BCUT2D eigenvalue weighted by atomic mass is 35.5. The number of aromatic nitrogens is 1. The molecule has 0 aliphatic carbocycles. The van der Waals surface area contributed by atoms with Crippen LogP contribution in [0.2, 0.25) is 5.02 Å². The van der Waals surface area contributed by atoms with Gasteiger partial charge in [-0.1, -0.05) is 17.7 Å². The van der Waals surface area contributed by atoms with Crippen molar-refractivity contribution in [2.24, 2.45) is 0 Å². The molecule has 4 nitrogen and oxygen atoms in total. The lowest BCUT2D eigenvalue weighted by molar-refractivity contribution is 0.0690. The topological polar surface area (TPSA) is 62.2 Å². The Balaban J connectivity index is 2.36. The smallest absolute Gasteiger partial charge is 0.354 e. The molecule has 2 aromatic rings. The number of hydrogen-bond donors (Lipinski definition) is 2. The second-order valence-corrected chi connectivity index (χ2v) is 3.99. The van der Waals surface area contributed by atoms with Crippen molar-refractivity contribution in [2.45, 2.75) is 0 Å². The summed E-state index contributed by atoms with van der Waals surface area (Å²) < 4.78 is 26.4. The van der Waals surface area contributed by atoms with Gasteiger partial charge in [0.2, 0.25) is 0 Å². The van der Waals surface area contributed by atoms with Crippen molar-refractivity contribution in [3.8, 4) is 0 Å². The molecular formula is C12H7ClF2N2O2. The fraction of sp³-hybridized carbons (Fsp3) is 0. The molecule has 0 radical (unpaired) electrons. The minimum atomic E-state index is -1.21. The first-order chi connectivity index (χ1) is 8.97. The van der Waals surface area contributed by atoms with Crippen molar-refractivity contribution in [1.82, 2.24) is 4.98 Å². The van der Waals surface area contributed by atoms with Gasteiger partial charge in [0.15, 0.2) is 11.5 Å². The van der Waals surface area contributed by atoms with Crippen LogP contribution in [0.5, 0.6) is 0 Å². The number of carbonyl (C=O) groups is 1. The zero-order valence-electron chi connectivity index (χ0n) is 9.32. The third kappa shape index (κ3) is 2.97. The number of benzene rings is 1. The Morgan fingerprint density at radius 3 is 2.68 bits per heavy atom. The van der Waals surface area contributed by atoms with Crippen LogP contribution in [0, 0.1) is 11.6 Å². The number of rotatable bonds is 3. The standard InChI is InChI=1S/C12H7ClF2N2O2/c13-7-4-6(14)5-8(15)11(7)17-10-3-1-2-9(16-10)12(18)19/h1-5H,(H,16,17)(H,18,19). The van der Waals surface area contributed by atoms with Crippen LogP contribution in [0.15, 0.2) is 30.3 Å². The van der Waals surface area contributed by atoms with Crippen LogP contribution < -0.4 is 5.32 Å². The predicted octanol–water partition coefficient (Wildman–Crippen LogP) is 3.46. The molecule has 0 saturated carbocycles. The first-order valence-corrected chi connectivity index (χ1v) is 5.47. The van der Waals surface area contributed by atoms with Gasteiger partial charge in [0.05, 0.1) is 10.7 Å². The van der Waals surface area contributed by atoms with Crippen molar-refractivity contribution < 1.29 is 18.7 Å². The van der Waals surface area contributed by atoms with E-state index in [0.717, 1.165) is 6.07 Å². The molecule has 0 amide bonds. The molecule has 1 heterocycles. The third-order valence-electron chi connectivity index (χ3n) is 2.23. The molecule has 19 heavy (non-hydrogen) atoms. The Morgan fingerprint density at radius 1 is 1.32 bits per heavy atom. The highest BCUT2D eigenvalue weighted by Gasteiger charge is 2.12. The molecule has 0 unspecified atom stereocenters. The van der Waals surface area contributed by atoms with Crippen LogP contribution in [0.1, 0.15) is 10.5 Å². The van der Waals surface area contributed by atoms with Crippen molar-refractivity contribution >= 4 is 29.1 Å². The first-order valence-electron chi connectivity index (χ1n) is 5.09. The van der Waals surface area contributed by atoms with E-state index in [4.69, 9.17) is 16.7 Å². The molecule has 0 spiro atoms. The maximum atomic E-state index is 13.5. The summed E-state index contributed by atoms with van der Waals surface area (Å²) in [5.41, 5.74) is -0.373. The van der Waals surface area contributed by atoms with Crippen LogP contribution in [0.3, 0.4) is 0 Å². The maximum Gasteiger partial charge on any atom is 0.354 e. The highest BCUT2D eigenvalue weighted by Crippen LogP contribution is 2.28. The molecule has 0 aliphatic heterocycles. The number of carboxylic acid groups (broad SMARTS) is 1. The Labute approximate surface area is 111 Å². The van der Waals surface area contributed by atoms with Crippen LogP contribution in [0.4, 0.5) is 20.3 Å². The van der Waals surface area contributed by atoms with Gasteiger partial charge in [-0.3, -0.25) is 0 Å². The molecule has 2 rings (SSSR count). The van der Waals surface area contributed by atoms with Crippen LogP contribution >= 0.6 is 11.6 Å². The quantitative estimate of drug-likeness (QED) is 0.906. The predicted molar refractivity (Wildman–Crippen MR) is 65.8 cm³/mol. The molecule has 0 aliphatic rings. The average Bonchev–Trinajstić information content (AvgIpc) is 2.34. The van der Waals surface area contributed by atoms with Gasteiger partial charge in [-0.05, 0) is 18.2 Å². The van der Waals surface area contributed by atoms with E-state index in [1.165, 1.54) is 18.2 Å². The van der Waals surface area contributed by atoms with E-state index in [1.807, 2.05) is 0 Å². The van der Waals surface area contributed by atoms with Gasteiger partial charge in [-0.2, -0.15) is 0 Å². The first kappa shape index (κ1) is 13.2. The minimum Gasteiger partial charge on any atom is -0.477 e. The molecule has 2 N–H and O–H groups in total. The number of nitrogens with zero attached hydrogens (tertiary/aromatic N) is 1. The summed E-state index contributed by atoms with van der Waals surface area (Å²) in [5, 5.41) is 11.1. The minimum absolute atomic E-state index is 0.0901. The van der Waals surface area contributed by atoms with Gasteiger partial charge in [0.1, 0.15) is 11.6 Å². The summed E-state index contributed by atoms with van der Waals surface area (Å²) in [5.74, 6) is -2.82. The van der Waals surface area contributed by atoms with E-state index < -0.39 is 17.6 Å². The Kier molecular flexibility index (Phi) is 3.62. The van der Waals surface area contributed by atoms with Gasteiger partial charge in [-0.25, -0.2) is 18.6 Å². The Hall–Kier alpha value is -2.21. The Morgan fingerprint density at radius 2 is 2.05 bits per heavy atom. The van der Waals surface area contributed by atoms with Crippen LogP contribution in [-0.2, 0) is 0 Å². The third-order valence-corrected chi connectivity index (χ3v) is 2.53. The maximum absolute atomic E-state index is 13.5. The van der Waals surface area contributed by atoms with Crippen molar-refractivity contribution in [1.29, 1.82) is 0 Å². The molecule has 98 valence electrons. The largest absolute Gasteiger partial charge is 0.477 e. The van der Waals surface area contributed by atoms with E-state index in [-0.39, 0.29) is 22.2 Å². The molecule has 1 aromatic carbocycles. The van der Waals surface area contributed by atoms with Crippen molar-refractivity contribution in [3.05, 3.63) is 52.7 Å². The molecule has 1 aromatic heterocycles. The van der Waals surface area contributed by atoms with Gasteiger partial charge in [0.25, 0.3) is 0 Å². The summed E-state index contributed by atoms with van der Waals surface area (Å²) in [4.78, 5) is 14.5. The van der Waals surface area contributed by atoms with Crippen LogP contribution in [-0.4, -0.2) is 16.1 Å². The average molecular weight is 285 g/mol. The molecule has 0 fully saturated rings. The normalized spacial score (nSPS) is 10.3. The second-order valence-electron chi connectivity index (χ2n) is 3.58. The highest BCUT2D eigenvalue weighted by molar-refractivity contribution is 6.33. The van der Waals surface area contributed by atoms with Crippen molar-refractivity contribution in [3.63, 3.8) is 0 Å². The van der Waals surface area contributed by atoms with Gasteiger partial charge in [0, 0.05) is 6.07 Å². The van der Waals surface area contributed by atoms with Gasteiger partial charge >= 0.3 is 5.97 Å². The monoisotopic (exact) mass is 284 g/mol. The van der Waals surface area contributed by atoms with Gasteiger partial charge in [-0.15, -0.1) is 0 Å². The summed E-state index contributed by atoms with van der Waals surface area (Å²) in [6.07, 6.45) is 0. The van der Waals surface area contributed by atoms with E-state index >= 15 is 0 Å². The zero-order valence-corrected chi connectivity index (χ0v) is 10.1. The molecule has 0 bridgehead atoms. The fourth-order valence-electron chi connectivity index (χ4n) is 1.41. The molecule has 0 atom stereocenters. The lowest BCUT2D eigenvalue weighted by Crippen LogP contribution is -2.03. The number of hydrogen-bond acceptors (Lipinski definition) is 3. The second kappa shape index (κ2) is 5.19. The van der Waals surface area contributed by atoms with Gasteiger partial charge < -0.3 is 10.4 Å². The van der Waals surface area contributed by atoms with E-state index in [0.29, 0.717) is 6.07 Å². The summed E-state index contributed by atoms with van der Waals surface area (Å²) in [7, 11) is 0. The number of carboxylic acids is 1. The molecular weight excluding hydrogens is 278 g/mol. The number of halogens is 3. The summed E-state index contributed by atoms with van der Waals surface area (Å²) in [6, 6.07) is 5.76. The molecule has 0 saturated heterocycles. The zero-order chi connectivity index (χ0) is 14.0. The van der Waals surface area contributed by atoms with E-state index in [2.05, 4.69) is 10.3 Å². The fourth-order valence-corrected chi connectivity index (χ4v) is 1.65. The van der Waals surface area contributed by atoms with E-state index in [1.54, 1.807) is 0 Å². The number of pyridine rings is 1. The number of anilines is 2. The number of nitrogens with one attached hydrogen (secondary N) is 1. The lowest BCUT2D eigenvalue weighted by Gasteiger charge is -2.09. The van der Waals surface area contributed by atoms with E-state index in [9.17, 15) is 13.6 Å². The van der Waals surface area contributed by atoms with Crippen LogP contribution in [0.25, 0.3) is 0 Å². The summed E-state index contributed by atoms with van der Waals surface area (Å²) >= 11 is 5.70. The Bertz CT molecular complexity index is 626. The van der Waals surface area contributed by atoms with Crippen molar-refractivity contribution in [2.75, 3.05) is 5.32 Å². The molecule has 7 heteroatoms. The number of aromatic carboxylic acids is 1. The summed E-state index contributed by atoms with van der Waals surface area (Å²) in [6.45, 7) is 0. The lowest BCUT2D eigenvalue weighted by atomic mass is 10.3.